The molecule has 0 aliphatic carbocycles. The number of rotatable bonds is 1. The fourth-order valence-electron chi connectivity index (χ4n) is 4.57. The maximum absolute atomic E-state index is 13.5. The van der Waals surface area contributed by atoms with Crippen LogP contribution in [-0.2, 0) is 15.0 Å². The fourth-order valence-corrected chi connectivity index (χ4v) is 4.57. The van der Waals surface area contributed by atoms with E-state index in [9.17, 15) is 9.59 Å². The van der Waals surface area contributed by atoms with Gasteiger partial charge >= 0.3 is 0 Å². The molecule has 0 bridgehead atoms. The maximum Gasteiger partial charge on any atom is 0.242 e. The number of nitrogens with zero attached hydrogens (tertiary/aromatic N) is 3. The van der Waals surface area contributed by atoms with E-state index in [4.69, 9.17) is 0 Å². The van der Waals surface area contributed by atoms with Crippen LogP contribution in [0.3, 0.4) is 0 Å². The molecule has 1 N–H and O–H groups in total. The van der Waals surface area contributed by atoms with Crippen molar-refractivity contribution >= 4 is 23.3 Å². The lowest BCUT2D eigenvalue weighted by Crippen LogP contribution is -2.45. The molecule has 2 aliphatic rings. The molecule has 6 heteroatoms. The van der Waals surface area contributed by atoms with Crippen LogP contribution in [0.4, 0.5) is 11.5 Å². The summed E-state index contributed by atoms with van der Waals surface area (Å²) in [6.45, 7) is 6.10. The van der Waals surface area contributed by atoms with E-state index in [1.165, 1.54) is 5.56 Å². The maximum atomic E-state index is 13.5. The fraction of sp³-hybridized carbons (Fsp3) is 0.261. The number of amides is 2. The van der Waals surface area contributed by atoms with Gasteiger partial charge < -0.3 is 10.2 Å². The Morgan fingerprint density at radius 3 is 2.55 bits per heavy atom. The molecule has 29 heavy (non-hydrogen) atoms. The summed E-state index contributed by atoms with van der Waals surface area (Å²) in [6.07, 6.45) is 1.81. The summed E-state index contributed by atoms with van der Waals surface area (Å²) in [5.41, 5.74) is 5.67. The third-order valence-corrected chi connectivity index (χ3v) is 6.29. The lowest BCUT2D eigenvalue weighted by molar-refractivity contribution is -0.126. The predicted molar refractivity (Wildman–Crippen MR) is 112 cm³/mol. The Morgan fingerprint density at radius 2 is 1.79 bits per heavy atom. The first-order valence-corrected chi connectivity index (χ1v) is 9.68. The van der Waals surface area contributed by atoms with Crippen LogP contribution in [-0.4, -0.2) is 28.6 Å². The minimum atomic E-state index is -1.04. The van der Waals surface area contributed by atoms with Crippen molar-refractivity contribution in [3.05, 3.63) is 70.4 Å². The monoisotopic (exact) mass is 386 g/mol. The van der Waals surface area contributed by atoms with E-state index in [-0.39, 0.29) is 18.2 Å². The number of hydrogen-bond acceptors (Lipinski definition) is 3. The summed E-state index contributed by atoms with van der Waals surface area (Å²) in [5, 5.41) is 7.54. The second kappa shape index (κ2) is 5.80. The largest absolute Gasteiger partial charge is 0.314 e. The molecule has 1 aromatic heterocycles. The van der Waals surface area contributed by atoms with Crippen LogP contribution in [0.15, 0.2) is 42.6 Å². The topological polar surface area (TPSA) is 67.2 Å². The number of fused-ring (bicyclic) bond motifs is 4. The second-order valence-electron chi connectivity index (χ2n) is 8.10. The first-order valence-electron chi connectivity index (χ1n) is 9.68. The highest BCUT2D eigenvalue weighted by atomic mass is 16.2. The SMILES string of the molecule is Cc1ccc2c(c1)[C@]1(CC(=O)Nc3c1cnn3-c1ccc(C)c(C)c1)C(=O)N2C. The van der Waals surface area contributed by atoms with Gasteiger partial charge in [-0.1, -0.05) is 23.8 Å². The molecule has 3 heterocycles. The van der Waals surface area contributed by atoms with E-state index in [0.29, 0.717) is 5.82 Å². The van der Waals surface area contributed by atoms with Gasteiger partial charge in [0.15, 0.2) is 0 Å². The van der Waals surface area contributed by atoms with Crippen molar-refractivity contribution in [1.29, 1.82) is 0 Å². The summed E-state index contributed by atoms with van der Waals surface area (Å²) in [7, 11) is 1.77. The Morgan fingerprint density at radius 1 is 1.00 bits per heavy atom. The van der Waals surface area contributed by atoms with Crippen molar-refractivity contribution < 1.29 is 9.59 Å². The van der Waals surface area contributed by atoms with Crippen molar-refractivity contribution in [3.63, 3.8) is 0 Å². The minimum absolute atomic E-state index is 0.0816. The van der Waals surface area contributed by atoms with Crippen molar-refractivity contribution in [2.75, 3.05) is 17.3 Å². The quantitative estimate of drug-likeness (QED) is 0.697. The molecule has 0 fully saturated rings. The Kier molecular flexibility index (Phi) is 3.53. The molecule has 6 nitrogen and oxygen atoms in total. The second-order valence-corrected chi connectivity index (χ2v) is 8.10. The van der Waals surface area contributed by atoms with Crippen molar-refractivity contribution in [2.24, 2.45) is 0 Å². The zero-order valence-electron chi connectivity index (χ0n) is 16.9. The zero-order chi connectivity index (χ0) is 20.5. The predicted octanol–water partition coefficient (Wildman–Crippen LogP) is 3.40. The molecule has 1 spiro atoms. The molecule has 0 unspecified atom stereocenters. The molecular formula is C23H22N4O2. The molecule has 0 radical (unpaired) electrons. The Balaban J connectivity index is 1.77. The van der Waals surface area contributed by atoms with Crippen LogP contribution >= 0.6 is 0 Å². The Hall–Kier alpha value is -3.41. The number of aromatic nitrogens is 2. The number of hydrogen-bond donors (Lipinski definition) is 1. The molecule has 2 amide bonds. The van der Waals surface area contributed by atoms with Crippen LogP contribution in [0.1, 0.15) is 34.2 Å². The summed E-state index contributed by atoms with van der Waals surface area (Å²) < 4.78 is 1.72. The van der Waals surface area contributed by atoms with Gasteiger partial charge in [0.25, 0.3) is 0 Å². The van der Waals surface area contributed by atoms with Crippen LogP contribution in [0, 0.1) is 20.8 Å². The molecule has 3 aromatic rings. The number of benzene rings is 2. The van der Waals surface area contributed by atoms with Gasteiger partial charge in [-0.05, 0) is 55.7 Å². The molecule has 0 saturated carbocycles. The first kappa shape index (κ1) is 17.7. The highest BCUT2D eigenvalue weighted by Crippen LogP contribution is 2.52. The van der Waals surface area contributed by atoms with Gasteiger partial charge in [0.05, 0.1) is 11.9 Å². The molecular weight excluding hydrogens is 364 g/mol. The molecule has 146 valence electrons. The number of carbonyl (C=O) groups is 2. The smallest absolute Gasteiger partial charge is 0.242 e. The van der Waals surface area contributed by atoms with Gasteiger partial charge in [-0.15, -0.1) is 0 Å². The third kappa shape index (κ3) is 2.26. The number of aryl methyl sites for hydroxylation is 3. The molecule has 1 atom stereocenters. The number of likely N-dealkylation sites (N-methyl/N-ethyl adjacent to an activating group) is 1. The first-order chi connectivity index (χ1) is 13.8. The summed E-state index contributed by atoms with van der Waals surface area (Å²) in [4.78, 5) is 28.0. The van der Waals surface area contributed by atoms with Gasteiger partial charge in [-0.2, -0.15) is 5.10 Å². The average molecular weight is 386 g/mol. The van der Waals surface area contributed by atoms with E-state index >= 15 is 0 Å². The highest BCUT2D eigenvalue weighted by Gasteiger charge is 2.56. The standard InChI is InChI=1S/C23H22N4O2/c1-13-5-8-19-17(9-13)23(22(29)26(19)4)11-20(28)25-21-18(23)12-24-27(21)16-7-6-14(2)15(3)10-16/h5-10,12H,11H2,1-4H3,(H,25,28)/t23-/m0/s1. The van der Waals surface area contributed by atoms with Crippen LogP contribution in [0.25, 0.3) is 5.69 Å². The van der Waals surface area contributed by atoms with Crippen LogP contribution < -0.4 is 10.2 Å². The average Bonchev–Trinajstić information content (AvgIpc) is 3.19. The molecule has 5 rings (SSSR count). The highest BCUT2D eigenvalue weighted by molar-refractivity contribution is 6.15. The number of carbonyl (C=O) groups excluding carboxylic acids is 2. The minimum Gasteiger partial charge on any atom is -0.314 e. The summed E-state index contributed by atoms with van der Waals surface area (Å²) >= 11 is 0. The normalized spacial score (nSPS) is 20.1. The number of anilines is 2. The summed E-state index contributed by atoms with van der Waals surface area (Å²) in [5.74, 6) is 0.300. The van der Waals surface area contributed by atoms with Gasteiger partial charge in [0.2, 0.25) is 11.8 Å². The lowest BCUT2D eigenvalue weighted by atomic mass is 9.71. The van der Waals surface area contributed by atoms with E-state index < -0.39 is 5.41 Å². The molecule has 0 saturated heterocycles. The summed E-state index contributed by atoms with van der Waals surface area (Å²) in [6, 6.07) is 12.0. The van der Waals surface area contributed by atoms with Crippen molar-refractivity contribution in [1.82, 2.24) is 9.78 Å². The lowest BCUT2D eigenvalue weighted by Gasteiger charge is -2.32. The Bertz CT molecular complexity index is 1210. The van der Waals surface area contributed by atoms with E-state index in [1.807, 2.05) is 50.2 Å². The van der Waals surface area contributed by atoms with Gasteiger partial charge in [-0.25, -0.2) is 4.68 Å². The van der Waals surface area contributed by atoms with Crippen LogP contribution in [0.2, 0.25) is 0 Å². The van der Waals surface area contributed by atoms with E-state index in [0.717, 1.165) is 33.6 Å². The Labute approximate surface area is 169 Å². The number of nitrogens with one attached hydrogen (secondary N) is 1. The third-order valence-electron chi connectivity index (χ3n) is 6.29. The van der Waals surface area contributed by atoms with E-state index in [2.05, 4.69) is 17.3 Å². The molecule has 2 aromatic carbocycles. The van der Waals surface area contributed by atoms with E-state index in [1.54, 1.807) is 22.8 Å². The van der Waals surface area contributed by atoms with Gasteiger partial charge in [0, 0.05) is 24.7 Å². The zero-order valence-corrected chi connectivity index (χ0v) is 16.9. The van der Waals surface area contributed by atoms with Crippen LogP contribution in [0.5, 0.6) is 0 Å². The van der Waals surface area contributed by atoms with Gasteiger partial charge in [0.1, 0.15) is 11.2 Å². The van der Waals surface area contributed by atoms with Crippen molar-refractivity contribution in [2.45, 2.75) is 32.6 Å². The molecule has 2 aliphatic heterocycles. The van der Waals surface area contributed by atoms with Gasteiger partial charge in [-0.3, -0.25) is 9.59 Å². The van der Waals surface area contributed by atoms with Crippen molar-refractivity contribution in [3.8, 4) is 5.69 Å².